The molecule has 1 aromatic heterocycles. The number of hydrogen-bond donors (Lipinski definition) is 1. The van der Waals surface area contributed by atoms with Crippen LogP contribution in [0.2, 0.25) is 0 Å². The van der Waals surface area contributed by atoms with Crippen LogP contribution in [-0.2, 0) is 15.8 Å². The van der Waals surface area contributed by atoms with E-state index >= 15 is 0 Å². The van der Waals surface area contributed by atoms with Crippen LogP contribution in [0, 0.1) is 23.7 Å². The predicted octanol–water partition coefficient (Wildman–Crippen LogP) is 3.21. The summed E-state index contributed by atoms with van der Waals surface area (Å²) in [7, 11) is -1.59. The quantitative estimate of drug-likeness (QED) is 0.640. The number of hydrogen-bond acceptors (Lipinski definition) is 6. The standard InChI is InChI=1S/C23H21N5O2S2/c1-15-20(32(25)30)31-22(26-15)28-11-10-23(21(28)29)13-27(14-23)18-8-6-16(7-9-18)19-5-3-2-4-17(19)12-24/h2-9H,10-11,13-14,25H2,1H3. The van der Waals surface area contributed by atoms with Crippen LogP contribution in [-0.4, -0.2) is 34.7 Å². The van der Waals surface area contributed by atoms with Crippen LogP contribution in [0.3, 0.4) is 0 Å². The van der Waals surface area contributed by atoms with Crippen molar-refractivity contribution in [2.75, 3.05) is 29.4 Å². The van der Waals surface area contributed by atoms with Crippen LogP contribution in [0.1, 0.15) is 17.7 Å². The maximum Gasteiger partial charge on any atom is 0.238 e. The molecule has 2 aliphatic rings. The lowest BCUT2D eigenvalue weighted by Gasteiger charge is -2.47. The van der Waals surface area contributed by atoms with E-state index in [0.29, 0.717) is 40.2 Å². The Labute approximate surface area is 192 Å². The molecule has 1 spiro atoms. The Morgan fingerprint density at radius 2 is 1.91 bits per heavy atom. The number of benzene rings is 2. The zero-order valence-electron chi connectivity index (χ0n) is 17.4. The molecule has 162 valence electrons. The van der Waals surface area contributed by atoms with E-state index in [9.17, 15) is 14.3 Å². The van der Waals surface area contributed by atoms with Gasteiger partial charge in [-0.2, -0.15) is 5.26 Å². The molecule has 2 fully saturated rings. The molecular formula is C23H21N5O2S2. The van der Waals surface area contributed by atoms with Gasteiger partial charge in [0.05, 0.1) is 22.7 Å². The Kier molecular flexibility index (Phi) is 5.08. The van der Waals surface area contributed by atoms with E-state index in [1.54, 1.807) is 11.8 Å². The molecule has 1 unspecified atom stereocenters. The summed E-state index contributed by atoms with van der Waals surface area (Å²) in [6.07, 6.45) is 0.773. The molecule has 3 heterocycles. The molecule has 2 aromatic carbocycles. The van der Waals surface area contributed by atoms with Crippen LogP contribution in [0.5, 0.6) is 0 Å². The van der Waals surface area contributed by atoms with Crippen molar-refractivity contribution in [2.24, 2.45) is 10.6 Å². The molecule has 0 saturated carbocycles. The van der Waals surface area contributed by atoms with Crippen molar-refractivity contribution in [2.45, 2.75) is 17.6 Å². The summed E-state index contributed by atoms with van der Waals surface area (Å²) in [5.74, 6) is 0.0800. The number of rotatable bonds is 4. The van der Waals surface area contributed by atoms with E-state index in [4.69, 9.17) is 5.14 Å². The summed E-state index contributed by atoms with van der Waals surface area (Å²) in [6, 6.07) is 17.9. The van der Waals surface area contributed by atoms with Crippen molar-refractivity contribution >= 4 is 39.0 Å². The summed E-state index contributed by atoms with van der Waals surface area (Å²) >= 11 is 1.24. The van der Waals surface area contributed by atoms with Crippen molar-refractivity contribution in [3.8, 4) is 17.2 Å². The van der Waals surface area contributed by atoms with Gasteiger partial charge in [0.2, 0.25) is 5.91 Å². The fourth-order valence-electron chi connectivity index (χ4n) is 4.52. The molecule has 5 rings (SSSR count). The number of amides is 1. The number of carbonyl (C=O) groups is 1. The van der Waals surface area contributed by atoms with Gasteiger partial charge in [-0.3, -0.25) is 9.69 Å². The monoisotopic (exact) mass is 463 g/mol. The Balaban J connectivity index is 1.30. The van der Waals surface area contributed by atoms with Gasteiger partial charge in [0, 0.05) is 25.3 Å². The summed E-state index contributed by atoms with van der Waals surface area (Å²) in [4.78, 5) is 21.6. The first kappa shape index (κ1) is 20.8. The van der Waals surface area contributed by atoms with Crippen LogP contribution in [0.15, 0.2) is 52.7 Å². The molecule has 3 aromatic rings. The minimum atomic E-state index is -1.59. The smallest absolute Gasteiger partial charge is 0.238 e. The van der Waals surface area contributed by atoms with Gasteiger partial charge in [-0.05, 0) is 42.7 Å². The largest absolute Gasteiger partial charge is 0.369 e. The Morgan fingerprint density at radius 1 is 1.19 bits per heavy atom. The molecule has 0 bridgehead atoms. The number of nitrogens with zero attached hydrogens (tertiary/aromatic N) is 4. The maximum atomic E-state index is 13.2. The van der Waals surface area contributed by atoms with Gasteiger partial charge in [-0.15, -0.1) is 0 Å². The second-order valence-electron chi connectivity index (χ2n) is 8.21. The van der Waals surface area contributed by atoms with E-state index in [0.717, 1.165) is 23.2 Å². The lowest BCUT2D eigenvalue weighted by molar-refractivity contribution is -0.126. The normalized spacial score (nSPS) is 18.0. The molecule has 2 saturated heterocycles. The van der Waals surface area contributed by atoms with Crippen LogP contribution >= 0.6 is 11.3 Å². The summed E-state index contributed by atoms with van der Waals surface area (Å²) in [5, 5.41) is 15.4. The minimum absolute atomic E-state index is 0.0800. The van der Waals surface area contributed by atoms with Crippen molar-refractivity contribution < 1.29 is 9.00 Å². The van der Waals surface area contributed by atoms with E-state index < -0.39 is 16.4 Å². The molecule has 32 heavy (non-hydrogen) atoms. The van der Waals surface area contributed by atoms with E-state index in [2.05, 4.69) is 16.0 Å². The molecule has 0 aliphatic carbocycles. The average molecular weight is 464 g/mol. The van der Waals surface area contributed by atoms with E-state index in [1.807, 2.05) is 48.5 Å². The van der Waals surface area contributed by atoms with Gasteiger partial charge in [0.15, 0.2) is 5.13 Å². The molecular weight excluding hydrogens is 442 g/mol. The zero-order valence-corrected chi connectivity index (χ0v) is 19.1. The molecule has 0 radical (unpaired) electrons. The molecule has 1 amide bonds. The highest BCUT2D eigenvalue weighted by Crippen LogP contribution is 2.45. The Morgan fingerprint density at radius 3 is 2.56 bits per heavy atom. The summed E-state index contributed by atoms with van der Waals surface area (Å²) < 4.78 is 12.2. The number of nitrogens with two attached hydrogens (primary N) is 1. The average Bonchev–Trinajstić information content (AvgIpc) is 3.33. The third-order valence-electron chi connectivity index (χ3n) is 6.25. The van der Waals surface area contributed by atoms with Gasteiger partial charge in [-0.25, -0.2) is 14.3 Å². The number of thiazole rings is 1. The number of nitriles is 1. The van der Waals surface area contributed by atoms with Gasteiger partial charge in [0.25, 0.3) is 0 Å². The second kappa shape index (κ2) is 7.81. The number of carbonyl (C=O) groups excluding carboxylic acids is 1. The summed E-state index contributed by atoms with van der Waals surface area (Å²) in [5.41, 5.74) is 3.85. The van der Waals surface area contributed by atoms with Crippen LogP contribution < -0.4 is 14.9 Å². The van der Waals surface area contributed by atoms with Crippen molar-refractivity contribution in [1.29, 1.82) is 5.26 Å². The molecule has 2 aliphatic heterocycles. The molecule has 2 N–H and O–H groups in total. The van der Waals surface area contributed by atoms with Gasteiger partial charge in [0.1, 0.15) is 15.2 Å². The highest BCUT2D eigenvalue weighted by molar-refractivity contribution is 7.85. The first-order valence-electron chi connectivity index (χ1n) is 10.2. The SMILES string of the molecule is Cc1nc(N2CCC3(CN(c4ccc(-c5ccccc5C#N)cc4)C3)C2=O)sc1S(N)=O. The topological polar surface area (TPSA) is 103 Å². The second-order valence-corrected chi connectivity index (χ2v) is 10.5. The van der Waals surface area contributed by atoms with Crippen molar-refractivity contribution in [3.63, 3.8) is 0 Å². The fraction of sp³-hybridized carbons (Fsp3) is 0.261. The number of aryl methyl sites for hydroxylation is 1. The van der Waals surface area contributed by atoms with Gasteiger partial charge < -0.3 is 4.90 Å². The Hall–Kier alpha value is -3.06. The number of aromatic nitrogens is 1. The Bertz CT molecular complexity index is 1270. The maximum absolute atomic E-state index is 13.2. The third kappa shape index (κ3) is 3.32. The van der Waals surface area contributed by atoms with Crippen LogP contribution in [0.4, 0.5) is 10.8 Å². The highest BCUT2D eigenvalue weighted by atomic mass is 32.2. The molecule has 7 nitrogen and oxygen atoms in total. The lowest BCUT2D eigenvalue weighted by Crippen LogP contribution is -2.60. The van der Waals surface area contributed by atoms with E-state index in [-0.39, 0.29) is 5.91 Å². The van der Waals surface area contributed by atoms with Crippen LogP contribution in [0.25, 0.3) is 11.1 Å². The minimum Gasteiger partial charge on any atom is -0.369 e. The number of anilines is 2. The van der Waals surface area contributed by atoms with Crippen molar-refractivity contribution in [3.05, 3.63) is 59.8 Å². The van der Waals surface area contributed by atoms with Gasteiger partial charge >= 0.3 is 0 Å². The lowest BCUT2D eigenvalue weighted by atomic mass is 9.78. The van der Waals surface area contributed by atoms with Crippen molar-refractivity contribution in [1.82, 2.24) is 4.98 Å². The summed E-state index contributed by atoms with van der Waals surface area (Å²) in [6.45, 7) is 3.70. The molecule has 1 atom stereocenters. The first-order valence-corrected chi connectivity index (χ1v) is 12.2. The molecule has 9 heteroatoms. The first-order chi connectivity index (χ1) is 15.4. The van der Waals surface area contributed by atoms with E-state index in [1.165, 1.54) is 11.3 Å². The zero-order chi connectivity index (χ0) is 22.5. The fourth-order valence-corrected chi connectivity index (χ4v) is 6.23. The van der Waals surface area contributed by atoms with Gasteiger partial charge in [-0.1, -0.05) is 41.7 Å². The third-order valence-corrected chi connectivity index (χ3v) is 8.63. The highest BCUT2D eigenvalue weighted by Gasteiger charge is 2.55. The predicted molar refractivity (Wildman–Crippen MR) is 126 cm³/mol.